The first-order valence-corrected chi connectivity index (χ1v) is 13.1. The molecule has 0 saturated carbocycles. The lowest BCUT2D eigenvalue weighted by atomic mass is 9.83. The van der Waals surface area contributed by atoms with Crippen molar-refractivity contribution >= 4 is 23.8 Å². The number of ether oxygens (including phenoxy) is 5. The standard InChI is InChI=1S/C30H34O9/c1-17-9-8-12-19(31)11-7-5-6-10-18-15-23-26(27(33)25(18)30(34)38-17)21(16-24(32)39-23)20-13-14-22(35-2)29(37-4)28(20)36-3/h6,10,13-15,17,21,33H,5,7-9,11-12,16H2,1-4H3/b10-6+/t17-,21?/m0/s1. The second-order valence-electron chi connectivity index (χ2n) is 9.70. The minimum absolute atomic E-state index is 0.00706. The third-order valence-electron chi connectivity index (χ3n) is 7.09. The van der Waals surface area contributed by atoms with Crippen molar-refractivity contribution < 1.29 is 43.2 Å². The zero-order valence-electron chi connectivity index (χ0n) is 22.7. The monoisotopic (exact) mass is 538 g/mol. The topological polar surface area (TPSA) is 118 Å². The Labute approximate surface area is 227 Å². The van der Waals surface area contributed by atoms with Crippen molar-refractivity contribution in [1.29, 1.82) is 0 Å². The van der Waals surface area contributed by atoms with Crippen LogP contribution in [0, 0.1) is 0 Å². The van der Waals surface area contributed by atoms with Gasteiger partial charge in [0.15, 0.2) is 11.5 Å². The minimum Gasteiger partial charge on any atom is -0.507 e. The number of benzene rings is 2. The van der Waals surface area contributed by atoms with Gasteiger partial charge in [-0.05, 0) is 50.3 Å². The van der Waals surface area contributed by atoms with Crippen LogP contribution in [0.4, 0.5) is 0 Å². The molecule has 0 amide bonds. The normalized spacial score (nSPS) is 21.0. The number of ketones is 1. The quantitative estimate of drug-likeness (QED) is 0.406. The number of hydrogen-bond acceptors (Lipinski definition) is 9. The van der Waals surface area contributed by atoms with Gasteiger partial charge in [0, 0.05) is 29.9 Å². The van der Waals surface area contributed by atoms with Crippen molar-refractivity contribution in [2.45, 2.75) is 63.9 Å². The number of esters is 2. The molecule has 0 aromatic heterocycles. The third kappa shape index (κ3) is 5.87. The second kappa shape index (κ2) is 12.2. The van der Waals surface area contributed by atoms with E-state index < -0.39 is 24.0 Å². The molecule has 1 N–H and O–H groups in total. The molecule has 9 heteroatoms. The number of allylic oxidation sites excluding steroid dienone is 1. The summed E-state index contributed by atoms with van der Waals surface area (Å²) in [7, 11) is 4.46. The number of cyclic esters (lactones) is 1. The fourth-order valence-electron chi connectivity index (χ4n) is 5.18. The van der Waals surface area contributed by atoms with Crippen molar-refractivity contribution in [2.75, 3.05) is 21.3 Å². The van der Waals surface area contributed by atoms with E-state index in [1.54, 1.807) is 31.2 Å². The van der Waals surface area contributed by atoms with E-state index >= 15 is 0 Å². The maximum absolute atomic E-state index is 13.4. The molecule has 4 rings (SSSR count). The molecular weight excluding hydrogens is 504 g/mol. The van der Waals surface area contributed by atoms with E-state index in [9.17, 15) is 19.5 Å². The van der Waals surface area contributed by atoms with E-state index in [1.165, 1.54) is 21.3 Å². The smallest absolute Gasteiger partial charge is 0.342 e. The molecule has 2 aliphatic heterocycles. The van der Waals surface area contributed by atoms with Crippen molar-refractivity contribution in [3.8, 4) is 28.7 Å². The van der Waals surface area contributed by atoms with Gasteiger partial charge >= 0.3 is 11.9 Å². The van der Waals surface area contributed by atoms with Gasteiger partial charge in [-0.2, -0.15) is 0 Å². The summed E-state index contributed by atoms with van der Waals surface area (Å²) in [6, 6.07) is 5.00. The molecule has 39 heavy (non-hydrogen) atoms. The number of fused-ring (bicyclic) bond motifs is 2. The van der Waals surface area contributed by atoms with Crippen LogP contribution in [0.2, 0.25) is 0 Å². The summed E-state index contributed by atoms with van der Waals surface area (Å²) in [4.78, 5) is 38.2. The van der Waals surface area contributed by atoms with Crippen LogP contribution in [0.1, 0.15) is 84.8 Å². The van der Waals surface area contributed by atoms with E-state index in [0.717, 1.165) is 0 Å². The molecule has 0 bridgehead atoms. The largest absolute Gasteiger partial charge is 0.507 e. The number of phenolic OH excluding ortho intramolecular Hbond substituents is 1. The number of methoxy groups -OCH3 is 3. The molecule has 2 heterocycles. The molecule has 0 fully saturated rings. The summed E-state index contributed by atoms with van der Waals surface area (Å²) in [5.41, 5.74) is 1.20. The Kier molecular flexibility index (Phi) is 8.79. The van der Waals surface area contributed by atoms with Crippen molar-refractivity contribution in [3.05, 3.63) is 46.5 Å². The summed E-state index contributed by atoms with van der Waals surface area (Å²) in [5.74, 6) is -0.757. The van der Waals surface area contributed by atoms with Crippen LogP contribution in [0.3, 0.4) is 0 Å². The number of aromatic hydroxyl groups is 1. The number of carbonyl (C=O) groups is 3. The van der Waals surface area contributed by atoms with Gasteiger partial charge in [0.05, 0.1) is 33.9 Å². The maximum Gasteiger partial charge on any atom is 0.342 e. The molecule has 0 spiro atoms. The average molecular weight is 539 g/mol. The molecule has 0 saturated heterocycles. The molecule has 2 aliphatic rings. The Balaban J connectivity index is 1.87. The third-order valence-corrected chi connectivity index (χ3v) is 7.09. The van der Waals surface area contributed by atoms with Crippen LogP contribution < -0.4 is 18.9 Å². The number of Topliss-reactive ketones (excluding diaryl/α,β-unsaturated/α-hetero) is 1. The summed E-state index contributed by atoms with van der Waals surface area (Å²) in [6.07, 6.45) is 6.32. The first-order chi connectivity index (χ1) is 18.8. The lowest BCUT2D eigenvalue weighted by molar-refractivity contribution is -0.135. The van der Waals surface area contributed by atoms with E-state index in [1.807, 2.05) is 6.08 Å². The van der Waals surface area contributed by atoms with E-state index in [-0.39, 0.29) is 34.8 Å². The van der Waals surface area contributed by atoms with E-state index in [2.05, 4.69) is 0 Å². The first-order valence-electron chi connectivity index (χ1n) is 13.1. The molecule has 2 aromatic rings. The van der Waals surface area contributed by atoms with Gasteiger partial charge in [-0.25, -0.2) is 4.79 Å². The fourth-order valence-corrected chi connectivity index (χ4v) is 5.18. The van der Waals surface area contributed by atoms with Gasteiger partial charge < -0.3 is 28.8 Å². The Hall–Kier alpha value is -4.01. The van der Waals surface area contributed by atoms with Crippen LogP contribution >= 0.6 is 0 Å². The van der Waals surface area contributed by atoms with Gasteiger partial charge in [0.2, 0.25) is 5.75 Å². The summed E-state index contributed by atoms with van der Waals surface area (Å²) >= 11 is 0. The zero-order valence-corrected chi connectivity index (χ0v) is 22.7. The van der Waals surface area contributed by atoms with Crippen LogP contribution in [0.25, 0.3) is 6.08 Å². The Morgan fingerprint density at radius 2 is 1.72 bits per heavy atom. The number of carbonyl (C=O) groups excluding carboxylic acids is 3. The summed E-state index contributed by atoms with van der Waals surface area (Å²) in [6.45, 7) is 1.76. The Morgan fingerprint density at radius 3 is 2.44 bits per heavy atom. The summed E-state index contributed by atoms with van der Waals surface area (Å²) < 4.78 is 27.8. The molecule has 2 atom stereocenters. The Morgan fingerprint density at radius 1 is 0.974 bits per heavy atom. The van der Waals surface area contributed by atoms with Crippen molar-refractivity contribution in [3.63, 3.8) is 0 Å². The van der Waals surface area contributed by atoms with Crippen molar-refractivity contribution in [1.82, 2.24) is 0 Å². The van der Waals surface area contributed by atoms with Crippen LogP contribution in [0.15, 0.2) is 24.3 Å². The van der Waals surface area contributed by atoms with Gasteiger partial charge in [0.25, 0.3) is 0 Å². The molecular formula is C30H34O9. The number of rotatable bonds is 4. The second-order valence-corrected chi connectivity index (χ2v) is 9.70. The highest BCUT2D eigenvalue weighted by atomic mass is 16.5. The fraction of sp³-hybridized carbons (Fsp3) is 0.433. The van der Waals surface area contributed by atoms with E-state index in [0.29, 0.717) is 66.9 Å². The van der Waals surface area contributed by atoms with Crippen LogP contribution in [-0.4, -0.2) is 50.3 Å². The molecule has 0 aliphatic carbocycles. The highest BCUT2D eigenvalue weighted by Crippen LogP contribution is 2.52. The van der Waals surface area contributed by atoms with E-state index in [4.69, 9.17) is 23.7 Å². The van der Waals surface area contributed by atoms with Gasteiger partial charge in [-0.15, -0.1) is 0 Å². The lowest BCUT2D eigenvalue weighted by Gasteiger charge is -2.29. The molecule has 9 nitrogen and oxygen atoms in total. The lowest BCUT2D eigenvalue weighted by Crippen LogP contribution is -2.23. The number of hydrogen-bond donors (Lipinski definition) is 1. The van der Waals surface area contributed by atoms with Crippen molar-refractivity contribution in [2.24, 2.45) is 0 Å². The molecule has 1 unspecified atom stereocenters. The average Bonchev–Trinajstić information content (AvgIpc) is 2.90. The predicted octanol–water partition coefficient (Wildman–Crippen LogP) is 5.34. The minimum atomic E-state index is -0.699. The SMILES string of the molecule is COc1ccc(C2CC(=O)Oc3cc4c(c(O)c32)C(=O)O[C@@H](C)CCCC(=O)CCC/C=C/4)c(OC)c1OC. The predicted molar refractivity (Wildman–Crippen MR) is 143 cm³/mol. The zero-order chi connectivity index (χ0) is 28.1. The molecule has 208 valence electrons. The maximum atomic E-state index is 13.4. The summed E-state index contributed by atoms with van der Waals surface area (Å²) in [5, 5.41) is 11.6. The highest BCUT2D eigenvalue weighted by Gasteiger charge is 2.37. The first kappa shape index (κ1) is 28.0. The highest BCUT2D eigenvalue weighted by molar-refractivity contribution is 5.98. The van der Waals surface area contributed by atoms with Crippen LogP contribution in [-0.2, 0) is 14.3 Å². The Bertz CT molecular complexity index is 1290. The molecule has 2 aromatic carbocycles. The van der Waals surface area contributed by atoms with Gasteiger partial charge in [-0.1, -0.05) is 18.2 Å². The number of phenols is 1. The van der Waals surface area contributed by atoms with Crippen LogP contribution in [0.5, 0.6) is 28.7 Å². The van der Waals surface area contributed by atoms with Gasteiger partial charge in [0.1, 0.15) is 22.8 Å². The van der Waals surface area contributed by atoms with Gasteiger partial charge in [-0.3, -0.25) is 9.59 Å². The molecule has 0 radical (unpaired) electrons.